The van der Waals surface area contributed by atoms with E-state index < -0.39 is 10.6 Å². The molecular weight excluding hydrogens is 264 g/mol. The van der Waals surface area contributed by atoms with Gasteiger partial charge in [0.05, 0.1) is 11.1 Å². The standard InChI is InChI=1S/C11H10N6O3/c1-7-10(13-11(18)16-14-7)15-12-6-8-3-2-4-9(5-8)17(19)20/h2-6H,1H3,(H2,13,15,16,18)/b12-6+. The summed E-state index contributed by atoms with van der Waals surface area (Å²) >= 11 is 0. The van der Waals surface area contributed by atoms with Crippen LogP contribution in [-0.2, 0) is 0 Å². The molecule has 1 heterocycles. The summed E-state index contributed by atoms with van der Waals surface area (Å²) in [5.41, 5.74) is 2.95. The van der Waals surface area contributed by atoms with Gasteiger partial charge < -0.3 is 0 Å². The number of nitro benzene ring substituents is 1. The van der Waals surface area contributed by atoms with Gasteiger partial charge in [0.25, 0.3) is 5.69 Å². The lowest BCUT2D eigenvalue weighted by Crippen LogP contribution is -2.15. The number of rotatable bonds is 4. The average molecular weight is 274 g/mol. The van der Waals surface area contributed by atoms with E-state index in [0.29, 0.717) is 11.3 Å². The van der Waals surface area contributed by atoms with Crippen LogP contribution in [0, 0.1) is 17.0 Å². The lowest BCUT2D eigenvalue weighted by molar-refractivity contribution is -0.384. The smallest absolute Gasteiger partial charge is 0.260 e. The molecule has 0 fully saturated rings. The number of hydrogen-bond acceptors (Lipinski definition) is 7. The van der Waals surface area contributed by atoms with E-state index in [1.54, 1.807) is 19.1 Å². The molecule has 0 bridgehead atoms. The van der Waals surface area contributed by atoms with Crippen molar-refractivity contribution in [3.8, 4) is 0 Å². The zero-order valence-electron chi connectivity index (χ0n) is 10.4. The first kappa shape index (κ1) is 13.3. The summed E-state index contributed by atoms with van der Waals surface area (Å²) in [4.78, 5) is 24.8. The average Bonchev–Trinajstić information content (AvgIpc) is 2.43. The number of nitrogens with one attached hydrogen (secondary N) is 2. The summed E-state index contributed by atoms with van der Waals surface area (Å²) in [6.45, 7) is 1.65. The predicted molar refractivity (Wildman–Crippen MR) is 71.7 cm³/mol. The van der Waals surface area contributed by atoms with Crippen molar-refractivity contribution < 1.29 is 4.92 Å². The van der Waals surface area contributed by atoms with E-state index in [9.17, 15) is 14.9 Å². The van der Waals surface area contributed by atoms with Crippen molar-refractivity contribution in [2.24, 2.45) is 5.10 Å². The first-order chi connectivity index (χ1) is 9.56. The maximum absolute atomic E-state index is 11.0. The number of nitro groups is 1. The first-order valence-corrected chi connectivity index (χ1v) is 5.53. The topological polar surface area (TPSA) is 126 Å². The van der Waals surface area contributed by atoms with E-state index >= 15 is 0 Å². The molecule has 0 saturated heterocycles. The molecule has 1 aromatic heterocycles. The zero-order chi connectivity index (χ0) is 14.5. The highest BCUT2D eigenvalue weighted by molar-refractivity contribution is 5.81. The molecule has 1 aromatic carbocycles. The minimum atomic E-state index is -0.594. The Morgan fingerprint density at radius 3 is 3.05 bits per heavy atom. The Hall–Kier alpha value is -3.10. The molecule has 0 radical (unpaired) electrons. The molecule has 0 aliphatic rings. The third kappa shape index (κ3) is 3.22. The highest BCUT2D eigenvalue weighted by Gasteiger charge is 2.04. The van der Waals surface area contributed by atoms with Crippen LogP contribution in [-0.4, -0.2) is 26.3 Å². The Morgan fingerprint density at radius 1 is 1.50 bits per heavy atom. The number of aryl methyl sites for hydroxylation is 1. The van der Waals surface area contributed by atoms with Crippen LogP contribution in [0.2, 0.25) is 0 Å². The molecule has 0 amide bonds. The molecule has 0 spiro atoms. The van der Waals surface area contributed by atoms with Gasteiger partial charge in [-0.3, -0.25) is 15.5 Å². The minimum Gasteiger partial charge on any atom is -0.260 e. The van der Waals surface area contributed by atoms with Gasteiger partial charge in [0.2, 0.25) is 0 Å². The number of H-pyrrole nitrogens is 1. The third-order valence-electron chi connectivity index (χ3n) is 2.34. The summed E-state index contributed by atoms with van der Waals surface area (Å²) in [5, 5.41) is 20.4. The maximum Gasteiger partial charge on any atom is 0.363 e. The van der Waals surface area contributed by atoms with Crippen LogP contribution >= 0.6 is 0 Å². The highest BCUT2D eigenvalue weighted by atomic mass is 16.6. The van der Waals surface area contributed by atoms with Crippen LogP contribution in [0.3, 0.4) is 0 Å². The van der Waals surface area contributed by atoms with Crippen LogP contribution in [0.4, 0.5) is 11.5 Å². The number of non-ortho nitro benzene ring substituents is 1. The number of aromatic nitrogens is 3. The van der Waals surface area contributed by atoms with E-state index in [2.05, 4.69) is 25.7 Å². The van der Waals surface area contributed by atoms with Gasteiger partial charge in [-0.2, -0.15) is 15.2 Å². The molecule has 2 aromatic rings. The van der Waals surface area contributed by atoms with Crippen molar-refractivity contribution in [1.29, 1.82) is 0 Å². The summed E-state index contributed by atoms with van der Waals surface area (Å²) in [6.07, 6.45) is 1.38. The number of aromatic amines is 1. The Kier molecular flexibility index (Phi) is 3.80. The summed E-state index contributed by atoms with van der Waals surface area (Å²) in [5.74, 6) is 0.218. The van der Waals surface area contributed by atoms with Gasteiger partial charge in [0, 0.05) is 17.7 Å². The molecule has 102 valence electrons. The monoisotopic (exact) mass is 274 g/mol. The van der Waals surface area contributed by atoms with E-state index in [-0.39, 0.29) is 11.5 Å². The Labute approximate surface area is 112 Å². The summed E-state index contributed by atoms with van der Waals surface area (Å²) in [6, 6.07) is 5.98. The predicted octanol–water partition coefficient (Wildman–Crippen LogP) is 0.828. The number of benzene rings is 1. The number of hydrogen-bond donors (Lipinski definition) is 2. The lowest BCUT2D eigenvalue weighted by Gasteiger charge is -2.00. The summed E-state index contributed by atoms with van der Waals surface area (Å²) < 4.78 is 0. The Balaban J connectivity index is 2.14. The molecule has 9 heteroatoms. The third-order valence-corrected chi connectivity index (χ3v) is 2.34. The molecule has 2 rings (SSSR count). The van der Waals surface area contributed by atoms with Crippen LogP contribution in [0.25, 0.3) is 0 Å². The van der Waals surface area contributed by atoms with Gasteiger partial charge in [-0.25, -0.2) is 9.89 Å². The van der Waals surface area contributed by atoms with E-state index in [1.807, 2.05) is 0 Å². The second-order valence-electron chi connectivity index (χ2n) is 3.80. The maximum atomic E-state index is 11.0. The largest absolute Gasteiger partial charge is 0.363 e. The minimum absolute atomic E-state index is 0.0268. The van der Waals surface area contributed by atoms with Gasteiger partial charge in [0.1, 0.15) is 5.69 Å². The molecule has 20 heavy (non-hydrogen) atoms. The van der Waals surface area contributed by atoms with E-state index in [0.717, 1.165) is 0 Å². The fourth-order valence-corrected chi connectivity index (χ4v) is 1.38. The molecular formula is C11H10N6O3. The fourth-order valence-electron chi connectivity index (χ4n) is 1.38. The van der Waals surface area contributed by atoms with Crippen LogP contribution < -0.4 is 11.1 Å². The summed E-state index contributed by atoms with van der Waals surface area (Å²) in [7, 11) is 0. The molecule has 0 aliphatic heterocycles. The van der Waals surface area contributed by atoms with Crippen molar-refractivity contribution in [2.45, 2.75) is 6.92 Å². The van der Waals surface area contributed by atoms with Crippen LogP contribution in [0.1, 0.15) is 11.3 Å². The van der Waals surface area contributed by atoms with Crippen LogP contribution in [0.5, 0.6) is 0 Å². The molecule has 0 aliphatic carbocycles. The molecule has 0 unspecified atom stereocenters. The van der Waals surface area contributed by atoms with Gasteiger partial charge in [0.15, 0.2) is 5.82 Å². The molecule has 0 saturated carbocycles. The zero-order valence-corrected chi connectivity index (χ0v) is 10.4. The van der Waals surface area contributed by atoms with Crippen LogP contribution in [0.15, 0.2) is 34.2 Å². The highest BCUT2D eigenvalue weighted by Crippen LogP contribution is 2.11. The SMILES string of the molecule is Cc1n[nH]c(=O)nc1N/N=C/c1cccc([N+](=O)[O-])c1. The van der Waals surface area contributed by atoms with Gasteiger partial charge in [-0.15, -0.1) is 0 Å². The van der Waals surface area contributed by atoms with E-state index in [4.69, 9.17) is 0 Å². The normalized spacial score (nSPS) is 10.7. The van der Waals surface area contributed by atoms with Gasteiger partial charge in [-0.1, -0.05) is 12.1 Å². The van der Waals surface area contributed by atoms with Crippen molar-refractivity contribution in [2.75, 3.05) is 5.43 Å². The van der Waals surface area contributed by atoms with Gasteiger partial charge in [-0.05, 0) is 6.92 Å². The molecule has 2 N–H and O–H groups in total. The Morgan fingerprint density at radius 2 is 2.30 bits per heavy atom. The lowest BCUT2D eigenvalue weighted by atomic mass is 10.2. The van der Waals surface area contributed by atoms with Crippen molar-refractivity contribution >= 4 is 17.7 Å². The van der Waals surface area contributed by atoms with Crippen molar-refractivity contribution in [3.63, 3.8) is 0 Å². The quantitative estimate of drug-likeness (QED) is 0.483. The second-order valence-corrected chi connectivity index (χ2v) is 3.80. The van der Waals surface area contributed by atoms with Gasteiger partial charge >= 0.3 is 5.69 Å². The molecule has 0 atom stereocenters. The fraction of sp³-hybridized carbons (Fsp3) is 0.0909. The number of hydrazone groups is 1. The van der Waals surface area contributed by atoms with Crippen molar-refractivity contribution in [1.82, 2.24) is 15.2 Å². The van der Waals surface area contributed by atoms with E-state index in [1.165, 1.54) is 18.3 Å². The number of anilines is 1. The molecule has 9 nitrogen and oxygen atoms in total. The Bertz CT molecular complexity index is 724. The second kappa shape index (κ2) is 5.69. The van der Waals surface area contributed by atoms with Crippen molar-refractivity contribution in [3.05, 3.63) is 56.1 Å². The number of nitrogens with zero attached hydrogens (tertiary/aromatic N) is 4. The first-order valence-electron chi connectivity index (χ1n) is 5.53.